The van der Waals surface area contributed by atoms with E-state index in [1.54, 1.807) is 18.2 Å². The maximum Gasteiger partial charge on any atom is 0.222 e. The first-order valence-corrected chi connectivity index (χ1v) is 13.7. The lowest BCUT2D eigenvalue weighted by atomic mass is 9.96. The number of piperidine rings is 1. The number of benzene rings is 2. The molecule has 0 radical (unpaired) electrons. The number of likely N-dealkylation sites (tertiary alicyclic amines) is 2. The normalized spacial score (nSPS) is 21.3. The molecule has 196 valence electrons. The maximum atomic E-state index is 11.9. The summed E-state index contributed by atoms with van der Waals surface area (Å²) in [6, 6.07) is 13.4. The Balaban J connectivity index is 1.18. The van der Waals surface area contributed by atoms with Crippen molar-refractivity contribution in [3.05, 3.63) is 58.1 Å². The van der Waals surface area contributed by atoms with E-state index in [1.165, 1.54) is 5.56 Å². The Hall–Kier alpha value is -1.99. The molecule has 0 aliphatic carbocycles. The van der Waals surface area contributed by atoms with Gasteiger partial charge >= 0.3 is 0 Å². The lowest BCUT2D eigenvalue weighted by molar-refractivity contribution is -0.133. The molecular weight excluding hydrogens is 499 g/mol. The summed E-state index contributed by atoms with van der Waals surface area (Å²) in [5, 5.41) is 12.0. The zero-order valence-electron chi connectivity index (χ0n) is 20.8. The number of aliphatic hydroxyl groups is 1. The first-order chi connectivity index (χ1) is 17.4. The van der Waals surface area contributed by atoms with Crippen molar-refractivity contribution >= 4 is 29.1 Å². The topological polar surface area (TPSA) is 62.2 Å². The lowest BCUT2D eigenvalue weighted by Crippen LogP contribution is -2.37. The smallest absolute Gasteiger partial charge is 0.222 e. The first-order valence-electron chi connectivity index (χ1n) is 12.9. The number of nitrogens with zero attached hydrogens (tertiary/aromatic N) is 2. The minimum atomic E-state index is -0.864. The van der Waals surface area contributed by atoms with Crippen molar-refractivity contribution in [1.29, 1.82) is 0 Å². The van der Waals surface area contributed by atoms with Gasteiger partial charge in [0.25, 0.3) is 0 Å². The summed E-state index contributed by atoms with van der Waals surface area (Å²) in [5.74, 6) is 1.74. The highest BCUT2D eigenvalue weighted by Crippen LogP contribution is 2.29. The van der Waals surface area contributed by atoms with Gasteiger partial charge in [-0.05, 0) is 74.9 Å². The Bertz CT molecular complexity index is 1000. The molecule has 0 spiro atoms. The Morgan fingerprint density at radius 3 is 2.47 bits per heavy atom. The van der Waals surface area contributed by atoms with Gasteiger partial charge in [0.1, 0.15) is 18.1 Å². The van der Waals surface area contributed by atoms with Gasteiger partial charge in [-0.2, -0.15) is 0 Å². The molecule has 2 aromatic carbocycles. The van der Waals surface area contributed by atoms with Crippen molar-refractivity contribution in [2.24, 2.45) is 0 Å². The lowest BCUT2D eigenvalue weighted by Gasteiger charge is -2.27. The van der Waals surface area contributed by atoms with Crippen LogP contribution in [0.25, 0.3) is 0 Å². The molecule has 0 unspecified atom stereocenters. The maximum absolute atomic E-state index is 11.9. The number of amides is 1. The summed E-state index contributed by atoms with van der Waals surface area (Å²) in [6.45, 7) is 5.07. The molecule has 6 nitrogen and oxygen atoms in total. The van der Waals surface area contributed by atoms with Crippen LogP contribution in [0.1, 0.15) is 50.5 Å². The van der Waals surface area contributed by atoms with Gasteiger partial charge in [0.2, 0.25) is 5.91 Å². The summed E-state index contributed by atoms with van der Waals surface area (Å²) in [5.41, 5.74) is 0.357. The van der Waals surface area contributed by atoms with Gasteiger partial charge in [0.15, 0.2) is 0 Å². The number of carbonyl (C=O) groups excluding carboxylic acids is 1. The number of hydrogen-bond donors (Lipinski definition) is 1. The van der Waals surface area contributed by atoms with Gasteiger partial charge < -0.3 is 19.5 Å². The molecule has 0 aromatic heterocycles. The molecule has 4 rings (SSSR count). The molecule has 2 saturated heterocycles. The van der Waals surface area contributed by atoms with Crippen LogP contribution in [0.4, 0.5) is 0 Å². The summed E-state index contributed by atoms with van der Waals surface area (Å²) >= 11 is 12.0. The van der Waals surface area contributed by atoms with E-state index in [0.717, 1.165) is 64.2 Å². The van der Waals surface area contributed by atoms with Crippen molar-refractivity contribution in [3.63, 3.8) is 0 Å². The molecule has 2 aromatic rings. The third kappa shape index (κ3) is 8.01. The fraction of sp³-hybridized carbons (Fsp3) is 0.536. The highest BCUT2D eigenvalue weighted by Gasteiger charge is 2.31. The van der Waals surface area contributed by atoms with Crippen molar-refractivity contribution in [2.75, 3.05) is 39.4 Å². The summed E-state index contributed by atoms with van der Waals surface area (Å²) in [7, 11) is 0. The third-order valence-corrected chi connectivity index (χ3v) is 7.74. The molecule has 8 heteroatoms. The van der Waals surface area contributed by atoms with Crippen LogP contribution < -0.4 is 9.47 Å². The van der Waals surface area contributed by atoms with Crippen LogP contribution in [-0.4, -0.2) is 65.8 Å². The predicted octanol–water partition coefficient (Wildman–Crippen LogP) is 5.57. The second kappa shape index (κ2) is 13.0. The SMILES string of the molecule is O=C1CCCCN1CCCOc1ccc(CN2CCC[C@@](O)(COc3ccc(Cl)c(Cl)c3)CC2)cc1. The van der Waals surface area contributed by atoms with Crippen LogP contribution in [0, 0.1) is 0 Å². The molecule has 2 heterocycles. The average Bonchev–Trinajstić information content (AvgIpc) is 3.06. The Kier molecular flexibility index (Phi) is 9.77. The highest BCUT2D eigenvalue weighted by molar-refractivity contribution is 6.42. The van der Waals surface area contributed by atoms with E-state index in [1.807, 2.05) is 17.0 Å². The standard InChI is InChI=1S/C28H36Cl2N2O4/c29-25-11-10-24(19-26(25)30)36-21-28(34)12-3-14-31(17-13-28)20-22-6-8-23(9-7-22)35-18-4-16-32-15-2-1-5-27(32)33/h6-11,19,34H,1-5,12-18,20-21H2/t28-/m0/s1. The van der Waals surface area contributed by atoms with E-state index in [2.05, 4.69) is 17.0 Å². The van der Waals surface area contributed by atoms with Gasteiger partial charge in [-0.3, -0.25) is 9.69 Å². The molecule has 2 aliphatic rings. The number of carbonyl (C=O) groups is 1. The van der Waals surface area contributed by atoms with E-state index < -0.39 is 5.60 Å². The van der Waals surface area contributed by atoms with Crippen LogP contribution in [0.2, 0.25) is 10.0 Å². The van der Waals surface area contributed by atoms with Crippen LogP contribution in [0.3, 0.4) is 0 Å². The number of ether oxygens (including phenoxy) is 2. The zero-order chi connectivity index (χ0) is 25.4. The largest absolute Gasteiger partial charge is 0.494 e. The second-order valence-corrected chi connectivity index (χ2v) is 10.7. The van der Waals surface area contributed by atoms with Gasteiger partial charge in [-0.25, -0.2) is 0 Å². The first kappa shape index (κ1) is 27.1. The van der Waals surface area contributed by atoms with E-state index in [-0.39, 0.29) is 12.5 Å². The zero-order valence-corrected chi connectivity index (χ0v) is 22.3. The monoisotopic (exact) mass is 534 g/mol. The number of halogens is 2. The van der Waals surface area contributed by atoms with Gasteiger partial charge in [0.05, 0.1) is 22.3 Å². The summed E-state index contributed by atoms with van der Waals surface area (Å²) in [4.78, 5) is 16.2. The van der Waals surface area contributed by atoms with Crippen LogP contribution in [-0.2, 0) is 11.3 Å². The van der Waals surface area contributed by atoms with E-state index in [9.17, 15) is 9.90 Å². The average molecular weight is 536 g/mol. The Labute approximate surface area is 224 Å². The van der Waals surface area contributed by atoms with Crippen LogP contribution in [0.5, 0.6) is 11.5 Å². The Morgan fingerprint density at radius 2 is 1.69 bits per heavy atom. The highest BCUT2D eigenvalue weighted by atomic mass is 35.5. The van der Waals surface area contributed by atoms with Gasteiger partial charge in [-0.15, -0.1) is 0 Å². The molecule has 36 heavy (non-hydrogen) atoms. The fourth-order valence-electron chi connectivity index (χ4n) is 4.81. The Morgan fingerprint density at radius 1 is 0.889 bits per heavy atom. The van der Waals surface area contributed by atoms with E-state index in [4.69, 9.17) is 32.7 Å². The fourth-order valence-corrected chi connectivity index (χ4v) is 5.10. The molecule has 0 saturated carbocycles. The molecule has 2 fully saturated rings. The molecular formula is C28H36Cl2N2O4. The summed E-state index contributed by atoms with van der Waals surface area (Å²) in [6.07, 6.45) is 5.91. The van der Waals surface area contributed by atoms with Crippen molar-refractivity contribution in [3.8, 4) is 11.5 Å². The van der Waals surface area contributed by atoms with Crippen LogP contribution >= 0.6 is 23.2 Å². The molecule has 0 bridgehead atoms. The van der Waals surface area contributed by atoms with Gasteiger partial charge in [0, 0.05) is 38.7 Å². The molecule has 1 atom stereocenters. The molecule has 1 amide bonds. The second-order valence-electron chi connectivity index (χ2n) is 9.90. The van der Waals surface area contributed by atoms with Crippen molar-refractivity contribution in [2.45, 2.75) is 57.1 Å². The molecule has 2 aliphatic heterocycles. The van der Waals surface area contributed by atoms with Gasteiger partial charge in [-0.1, -0.05) is 35.3 Å². The number of hydrogen-bond acceptors (Lipinski definition) is 5. The van der Waals surface area contributed by atoms with Crippen molar-refractivity contribution < 1.29 is 19.4 Å². The summed E-state index contributed by atoms with van der Waals surface area (Å²) < 4.78 is 11.7. The van der Waals surface area contributed by atoms with Crippen LogP contribution in [0.15, 0.2) is 42.5 Å². The quantitative estimate of drug-likeness (QED) is 0.403. The number of rotatable bonds is 10. The van der Waals surface area contributed by atoms with Crippen molar-refractivity contribution in [1.82, 2.24) is 9.80 Å². The van der Waals surface area contributed by atoms with E-state index in [0.29, 0.717) is 41.7 Å². The predicted molar refractivity (Wildman–Crippen MR) is 143 cm³/mol. The minimum absolute atomic E-state index is 0.233. The minimum Gasteiger partial charge on any atom is -0.494 e. The van der Waals surface area contributed by atoms with E-state index >= 15 is 0 Å². The molecule has 1 N–H and O–H groups in total. The third-order valence-electron chi connectivity index (χ3n) is 7.00.